The van der Waals surface area contributed by atoms with Gasteiger partial charge in [-0.2, -0.15) is 0 Å². The molecule has 1 aliphatic heterocycles. The van der Waals surface area contributed by atoms with Crippen LogP contribution in [0.5, 0.6) is 0 Å². The third kappa shape index (κ3) is 5.88. The number of esters is 1. The van der Waals surface area contributed by atoms with Gasteiger partial charge in [-0.05, 0) is 50.5 Å². The molecule has 3 heterocycles. The molecule has 0 aliphatic carbocycles. The minimum atomic E-state index is -0.847. The fourth-order valence-electron chi connectivity index (χ4n) is 5.49. The van der Waals surface area contributed by atoms with Crippen LogP contribution >= 0.6 is 0 Å². The summed E-state index contributed by atoms with van der Waals surface area (Å²) in [5, 5.41) is 8.42. The lowest BCUT2D eigenvalue weighted by atomic mass is 9.90. The van der Waals surface area contributed by atoms with E-state index < -0.39 is 5.41 Å². The average molecular weight is 541 g/mol. The van der Waals surface area contributed by atoms with Gasteiger partial charge in [0.05, 0.1) is 30.7 Å². The number of ether oxygens (including phenoxy) is 1. The molecule has 1 aliphatic rings. The van der Waals surface area contributed by atoms with Crippen molar-refractivity contribution in [2.45, 2.75) is 51.7 Å². The largest absolute Gasteiger partial charge is 0.465 e. The van der Waals surface area contributed by atoms with E-state index in [4.69, 9.17) is 9.84 Å². The first-order chi connectivity index (χ1) is 19.4. The number of nitrogens with zero attached hydrogens (tertiary/aromatic N) is 5. The van der Waals surface area contributed by atoms with Crippen molar-refractivity contribution in [1.82, 2.24) is 24.4 Å². The number of aromatic nitrogens is 3. The summed E-state index contributed by atoms with van der Waals surface area (Å²) in [6.07, 6.45) is 2.94. The van der Waals surface area contributed by atoms with Crippen LogP contribution in [0.4, 0.5) is 5.82 Å². The van der Waals surface area contributed by atoms with E-state index in [0.29, 0.717) is 17.9 Å². The monoisotopic (exact) mass is 540 g/mol. The lowest BCUT2D eigenvalue weighted by Gasteiger charge is -2.42. The van der Waals surface area contributed by atoms with Crippen LogP contribution in [0.15, 0.2) is 79.0 Å². The number of anilines is 1. The highest BCUT2D eigenvalue weighted by Gasteiger charge is 2.34. The molecular formula is C32H40N6O2. The third-order valence-electron chi connectivity index (χ3n) is 7.83. The van der Waals surface area contributed by atoms with Crippen molar-refractivity contribution < 1.29 is 9.53 Å². The average Bonchev–Trinajstić information content (AvgIpc) is 3.42. The summed E-state index contributed by atoms with van der Waals surface area (Å²) in [6.45, 7) is 11.9. The van der Waals surface area contributed by atoms with Gasteiger partial charge < -0.3 is 10.1 Å². The Morgan fingerprint density at radius 3 is 2.08 bits per heavy atom. The molecule has 40 heavy (non-hydrogen) atoms. The van der Waals surface area contributed by atoms with Gasteiger partial charge in [-0.15, -0.1) is 5.10 Å². The number of nitrogens with one attached hydrogen (secondary N) is 1. The lowest BCUT2D eigenvalue weighted by molar-refractivity contribution is -0.148. The van der Waals surface area contributed by atoms with Crippen molar-refractivity contribution >= 4 is 17.4 Å². The fraction of sp³-hybridized carbons (Fsp3) is 0.406. The Hall–Kier alpha value is -3.75. The molecule has 8 nitrogen and oxygen atoms in total. The van der Waals surface area contributed by atoms with Gasteiger partial charge in [-0.1, -0.05) is 67.6 Å². The smallest absolute Gasteiger partial charge is 0.317 e. The summed E-state index contributed by atoms with van der Waals surface area (Å²) in [5.41, 5.74) is 3.16. The van der Waals surface area contributed by atoms with E-state index in [1.165, 1.54) is 11.1 Å². The summed E-state index contributed by atoms with van der Waals surface area (Å²) < 4.78 is 7.00. The Labute approximate surface area is 237 Å². The standard InChI is InChI=1S/C32H40N6O2/c1-5-28(34-27-17-18-29-33-26(23-38(29)35-27)32(3,4)31(39)40-6-2)36-19-21-37(22-20-36)30(24-13-9-7-10-14-24)25-15-11-8-12-16-25/h7-18,23,28,30H,5-6,19-22H2,1-4H3,(H,34,35). The van der Waals surface area contributed by atoms with Crippen molar-refractivity contribution in [3.8, 4) is 0 Å². The molecule has 0 spiro atoms. The molecule has 0 radical (unpaired) electrons. The lowest BCUT2D eigenvalue weighted by Crippen LogP contribution is -2.53. The van der Waals surface area contributed by atoms with E-state index in [1.807, 2.05) is 39.1 Å². The zero-order valence-electron chi connectivity index (χ0n) is 24.0. The number of hydrogen-bond donors (Lipinski definition) is 1. The summed E-state index contributed by atoms with van der Waals surface area (Å²) in [4.78, 5) is 22.2. The van der Waals surface area contributed by atoms with Crippen molar-refractivity contribution in [2.24, 2.45) is 0 Å². The van der Waals surface area contributed by atoms with Gasteiger partial charge in [0.1, 0.15) is 11.2 Å². The molecule has 1 fully saturated rings. The van der Waals surface area contributed by atoms with E-state index in [2.05, 4.69) is 87.7 Å². The zero-order valence-corrected chi connectivity index (χ0v) is 24.0. The van der Waals surface area contributed by atoms with E-state index >= 15 is 0 Å². The van der Waals surface area contributed by atoms with E-state index in [-0.39, 0.29) is 18.2 Å². The highest BCUT2D eigenvalue weighted by Crippen LogP contribution is 2.30. The number of hydrogen-bond acceptors (Lipinski definition) is 7. The first-order valence-electron chi connectivity index (χ1n) is 14.3. The molecule has 2 aromatic carbocycles. The van der Waals surface area contributed by atoms with Crippen LogP contribution in [-0.4, -0.2) is 69.3 Å². The Morgan fingerprint density at radius 1 is 0.900 bits per heavy atom. The summed E-state index contributed by atoms with van der Waals surface area (Å²) >= 11 is 0. The molecular weight excluding hydrogens is 500 g/mol. The zero-order chi connectivity index (χ0) is 28.1. The molecule has 5 rings (SSSR count). The topological polar surface area (TPSA) is 75.0 Å². The van der Waals surface area contributed by atoms with Crippen molar-refractivity contribution in [2.75, 3.05) is 38.1 Å². The van der Waals surface area contributed by atoms with Gasteiger partial charge in [0.2, 0.25) is 0 Å². The minimum absolute atomic E-state index is 0.165. The van der Waals surface area contributed by atoms with Crippen LogP contribution in [0.25, 0.3) is 5.65 Å². The fourth-order valence-corrected chi connectivity index (χ4v) is 5.49. The Kier molecular flexibility index (Phi) is 8.47. The molecule has 4 aromatic rings. The molecule has 1 atom stereocenters. The van der Waals surface area contributed by atoms with Gasteiger partial charge in [0, 0.05) is 26.2 Å². The molecule has 0 bridgehead atoms. The molecule has 8 heteroatoms. The van der Waals surface area contributed by atoms with Gasteiger partial charge in [0.25, 0.3) is 0 Å². The molecule has 2 aromatic heterocycles. The van der Waals surface area contributed by atoms with Crippen molar-refractivity contribution in [3.05, 3.63) is 95.8 Å². The van der Waals surface area contributed by atoms with Crippen LogP contribution in [0.1, 0.15) is 57.0 Å². The maximum atomic E-state index is 12.5. The number of fused-ring (bicyclic) bond motifs is 1. The number of rotatable bonds is 10. The van der Waals surface area contributed by atoms with Crippen LogP contribution in [0.3, 0.4) is 0 Å². The minimum Gasteiger partial charge on any atom is -0.465 e. The van der Waals surface area contributed by atoms with Gasteiger partial charge >= 0.3 is 5.97 Å². The van der Waals surface area contributed by atoms with Crippen LogP contribution in [-0.2, 0) is 14.9 Å². The van der Waals surface area contributed by atoms with Crippen molar-refractivity contribution in [3.63, 3.8) is 0 Å². The highest BCUT2D eigenvalue weighted by molar-refractivity contribution is 5.81. The maximum absolute atomic E-state index is 12.5. The summed E-state index contributed by atoms with van der Waals surface area (Å²) in [5.74, 6) is 0.495. The second kappa shape index (κ2) is 12.2. The van der Waals surface area contributed by atoms with Crippen LogP contribution < -0.4 is 5.32 Å². The molecule has 1 saturated heterocycles. The SMILES string of the molecule is CCOC(=O)C(C)(C)c1cn2nc(NC(CC)N3CCN(C(c4ccccc4)c4ccccc4)CC3)ccc2n1. The van der Waals surface area contributed by atoms with Crippen molar-refractivity contribution in [1.29, 1.82) is 0 Å². The second-order valence-corrected chi connectivity index (χ2v) is 10.9. The quantitative estimate of drug-likeness (QED) is 0.280. The molecule has 210 valence electrons. The van der Waals surface area contributed by atoms with Crippen LogP contribution in [0.2, 0.25) is 0 Å². The first kappa shape index (κ1) is 27.8. The molecule has 1 N–H and O–H groups in total. The number of piperazine rings is 1. The first-order valence-corrected chi connectivity index (χ1v) is 14.3. The molecule has 1 unspecified atom stereocenters. The Morgan fingerprint density at radius 2 is 1.50 bits per heavy atom. The Bertz CT molecular complexity index is 1360. The Balaban J connectivity index is 1.27. The van der Waals surface area contributed by atoms with E-state index in [9.17, 15) is 4.79 Å². The highest BCUT2D eigenvalue weighted by atomic mass is 16.5. The molecule has 0 amide bonds. The number of benzene rings is 2. The summed E-state index contributed by atoms with van der Waals surface area (Å²) in [6, 6.07) is 25.8. The number of imidazole rings is 1. The van der Waals surface area contributed by atoms with E-state index in [1.54, 1.807) is 4.52 Å². The van der Waals surface area contributed by atoms with Crippen LogP contribution in [0, 0.1) is 0 Å². The predicted molar refractivity (Wildman–Crippen MR) is 158 cm³/mol. The maximum Gasteiger partial charge on any atom is 0.317 e. The number of carbonyl (C=O) groups is 1. The predicted octanol–water partition coefficient (Wildman–Crippen LogP) is 5.13. The van der Waals surface area contributed by atoms with Gasteiger partial charge in [-0.3, -0.25) is 14.6 Å². The summed E-state index contributed by atoms with van der Waals surface area (Å²) in [7, 11) is 0. The normalized spacial score (nSPS) is 15.8. The molecule has 0 saturated carbocycles. The van der Waals surface area contributed by atoms with Gasteiger partial charge in [-0.25, -0.2) is 9.50 Å². The second-order valence-electron chi connectivity index (χ2n) is 10.9. The third-order valence-corrected chi connectivity index (χ3v) is 7.83. The number of carbonyl (C=O) groups excluding carboxylic acids is 1. The van der Waals surface area contributed by atoms with E-state index in [0.717, 1.165) is 38.4 Å². The van der Waals surface area contributed by atoms with Gasteiger partial charge in [0.15, 0.2) is 5.65 Å².